The maximum Gasteiger partial charge on any atom is 0.569 e. The third-order valence-corrected chi connectivity index (χ3v) is 3.38. The molecule has 2 aromatic rings. The van der Waals surface area contributed by atoms with Gasteiger partial charge in [0.05, 0.1) is 0 Å². The second kappa shape index (κ2) is 8.74. The average Bonchev–Trinajstić information content (AvgIpc) is 2.60. The molecule has 0 saturated heterocycles. The Hall–Kier alpha value is -2.79. The van der Waals surface area contributed by atoms with Crippen molar-refractivity contribution >= 4 is 25.2 Å². The van der Waals surface area contributed by atoms with Crippen LogP contribution in [0.2, 0.25) is 0 Å². The van der Waals surface area contributed by atoms with Crippen LogP contribution in [0.3, 0.4) is 0 Å². The van der Waals surface area contributed by atoms with Gasteiger partial charge in [-0.15, -0.1) is 0 Å². The zero-order valence-corrected chi connectivity index (χ0v) is 13.7. The van der Waals surface area contributed by atoms with Gasteiger partial charge >= 0.3 is 7.69 Å². The fourth-order valence-electron chi connectivity index (χ4n) is 2.05. The molecule has 0 aliphatic carbocycles. The molecule has 2 aromatic carbocycles. The molecule has 1 radical (unpaired) electrons. The van der Waals surface area contributed by atoms with Crippen LogP contribution in [-0.2, 0) is 0 Å². The molecule has 0 aliphatic rings. The van der Waals surface area contributed by atoms with Gasteiger partial charge in [0.15, 0.2) is 5.78 Å². The van der Waals surface area contributed by atoms with Crippen LogP contribution >= 0.6 is 0 Å². The van der Waals surface area contributed by atoms with E-state index < -0.39 is 0 Å². The molecule has 0 atom stereocenters. The van der Waals surface area contributed by atoms with E-state index in [1.165, 1.54) is 6.08 Å². The van der Waals surface area contributed by atoms with Crippen molar-refractivity contribution in [2.24, 2.45) is 0 Å². The van der Waals surface area contributed by atoms with Gasteiger partial charge in [-0.25, -0.2) is 0 Å². The highest BCUT2D eigenvalue weighted by atomic mass is 16.5. The van der Waals surface area contributed by atoms with Crippen molar-refractivity contribution in [3.05, 3.63) is 77.9 Å². The number of hydrogen-bond acceptors (Lipinski definition) is 4. The van der Waals surface area contributed by atoms with Crippen LogP contribution in [0.15, 0.2) is 66.8 Å². The number of carbonyl (C=O) groups is 1. The molecule has 4 nitrogen and oxygen atoms in total. The number of anilines is 1. The molecule has 0 aliphatic heterocycles. The molecule has 0 bridgehead atoms. The predicted molar refractivity (Wildman–Crippen MR) is 98.3 cm³/mol. The average molecular weight is 320 g/mol. The number of hydrogen-bond donors (Lipinski definition) is 1. The van der Waals surface area contributed by atoms with Crippen molar-refractivity contribution in [2.75, 3.05) is 19.0 Å². The maximum atomic E-state index is 12.0. The number of rotatable bonds is 7. The normalized spacial score (nSPS) is 11.0. The van der Waals surface area contributed by atoms with Crippen LogP contribution in [0.25, 0.3) is 6.08 Å². The summed E-state index contributed by atoms with van der Waals surface area (Å²) < 4.78 is 4.80. The predicted octanol–water partition coefficient (Wildman–Crippen LogP) is 3.11. The van der Waals surface area contributed by atoms with Crippen LogP contribution in [0.5, 0.6) is 5.75 Å². The van der Waals surface area contributed by atoms with E-state index in [1.807, 2.05) is 55.4 Å². The highest BCUT2D eigenvalue weighted by molar-refractivity contribution is 6.17. The molecule has 24 heavy (non-hydrogen) atoms. The fraction of sp³-hybridized carbons (Fsp3) is 0.105. The van der Waals surface area contributed by atoms with Crippen molar-refractivity contribution in [2.45, 2.75) is 0 Å². The summed E-state index contributed by atoms with van der Waals surface area (Å²) in [5, 5.41) is 8.54. The smallest absolute Gasteiger partial charge is 0.537 e. The topological polar surface area (TPSA) is 49.8 Å². The summed E-state index contributed by atoms with van der Waals surface area (Å²) in [7, 11) is 4.60. The molecule has 5 heteroatoms. The van der Waals surface area contributed by atoms with E-state index in [0.717, 1.165) is 11.3 Å². The maximum absolute atomic E-state index is 12.0. The third kappa shape index (κ3) is 5.14. The van der Waals surface area contributed by atoms with E-state index in [1.54, 1.807) is 30.3 Å². The fourth-order valence-corrected chi connectivity index (χ4v) is 2.05. The molecule has 0 spiro atoms. The number of carbonyl (C=O) groups excluding carboxylic acids is 1. The van der Waals surface area contributed by atoms with Gasteiger partial charge in [-0.1, -0.05) is 30.4 Å². The van der Waals surface area contributed by atoms with Gasteiger partial charge in [-0.05, 0) is 48.0 Å². The second-order valence-electron chi connectivity index (χ2n) is 5.32. The highest BCUT2D eigenvalue weighted by Gasteiger charge is 2.01. The van der Waals surface area contributed by atoms with Gasteiger partial charge < -0.3 is 14.6 Å². The molecule has 0 fully saturated rings. The molecule has 0 unspecified atom stereocenters. The van der Waals surface area contributed by atoms with Crippen LogP contribution in [0, 0.1) is 0 Å². The van der Waals surface area contributed by atoms with Crippen molar-refractivity contribution in [3.8, 4) is 5.75 Å². The van der Waals surface area contributed by atoms with Gasteiger partial charge in [0.1, 0.15) is 5.75 Å². The molecule has 2 rings (SSSR count). The summed E-state index contributed by atoms with van der Waals surface area (Å²) in [6.45, 7) is 0. The van der Waals surface area contributed by atoms with Gasteiger partial charge in [0.2, 0.25) is 0 Å². The molecule has 0 amide bonds. The molecule has 1 N–H and O–H groups in total. The molecule has 0 heterocycles. The summed E-state index contributed by atoms with van der Waals surface area (Å²) in [4.78, 5) is 14.1. The van der Waals surface area contributed by atoms with Gasteiger partial charge in [0.25, 0.3) is 0 Å². The Morgan fingerprint density at radius 2 is 1.71 bits per heavy atom. The first-order chi connectivity index (χ1) is 11.6. The largest absolute Gasteiger partial charge is 0.569 e. The van der Waals surface area contributed by atoms with E-state index in [-0.39, 0.29) is 5.78 Å². The minimum atomic E-state index is -0.0952. The summed E-state index contributed by atoms with van der Waals surface area (Å²) in [6, 6.07) is 14.7. The summed E-state index contributed by atoms with van der Waals surface area (Å²) >= 11 is 0. The molecule has 0 aromatic heterocycles. The zero-order valence-electron chi connectivity index (χ0n) is 13.7. The molecular formula is C19H19BNO3. The Bertz CT molecular complexity index is 719. The molecule has 0 saturated carbocycles. The monoisotopic (exact) mass is 320 g/mol. The Morgan fingerprint density at radius 3 is 2.29 bits per heavy atom. The first-order valence-electron chi connectivity index (χ1n) is 7.49. The standard InChI is InChI=1S/C19H19BNO3/c1-21(2)17-11-7-15(8-12-17)5-3-4-6-19(22)16-9-13-18(14-10-16)24-20-23/h3-14,23H,1-2H3/b5-3+,6-4+. The van der Waals surface area contributed by atoms with Crippen molar-refractivity contribution in [1.82, 2.24) is 0 Å². The second-order valence-corrected chi connectivity index (χ2v) is 5.32. The lowest BCUT2D eigenvalue weighted by Crippen LogP contribution is -2.07. The number of ketones is 1. The van der Waals surface area contributed by atoms with E-state index in [9.17, 15) is 4.79 Å². The van der Waals surface area contributed by atoms with Crippen molar-refractivity contribution in [1.29, 1.82) is 0 Å². The van der Waals surface area contributed by atoms with Gasteiger partial charge in [-0.3, -0.25) is 4.79 Å². The van der Waals surface area contributed by atoms with Gasteiger partial charge in [0, 0.05) is 25.3 Å². The lowest BCUT2D eigenvalue weighted by atomic mass is 10.1. The van der Waals surface area contributed by atoms with E-state index >= 15 is 0 Å². The summed E-state index contributed by atoms with van der Waals surface area (Å²) in [5.74, 6) is 0.376. The van der Waals surface area contributed by atoms with Crippen molar-refractivity contribution < 1.29 is 14.5 Å². The lowest BCUT2D eigenvalue weighted by molar-refractivity contribution is 0.104. The minimum Gasteiger partial charge on any atom is -0.537 e. The first-order valence-corrected chi connectivity index (χ1v) is 7.49. The van der Waals surface area contributed by atoms with Gasteiger partial charge in [-0.2, -0.15) is 0 Å². The Labute approximate surface area is 143 Å². The van der Waals surface area contributed by atoms with E-state index in [4.69, 9.17) is 9.68 Å². The van der Waals surface area contributed by atoms with E-state index in [0.29, 0.717) is 19.0 Å². The number of nitrogens with zero attached hydrogens (tertiary/aromatic N) is 1. The summed E-state index contributed by atoms with van der Waals surface area (Å²) in [6.07, 6.45) is 7.00. The Balaban J connectivity index is 1.93. The SMILES string of the molecule is CN(C)c1ccc(/C=C/C=C/C(=O)c2ccc(O[B]O)cc2)cc1. The van der Waals surface area contributed by atoms with Crippen molar-refractivity contribution in [3.63, 3.8) is 0 Å². The molecule has 121 valence electrons. The van der Waals surface area contributed by atoms with Crippen LogP contribution in [-0.4, -0.2) is 32.6 Å². The Morgan fingerprint density at radius 1 is 1.04 bits per heavy atom. The number of benzene rings is 2. The van der Waals surface area contributed by atoms with Crippen LogP contribution in [0.4, 0.5) is 5.69 Å². The molecular weight excluding hydrogens is 301 g/mol. The first kappa shape index (κ1) is 17.6. The van der Waals surface area contributed by atoms with E-state index in [2.05, 4.69) is 0 Å². The quantitative estimate of drug-likeness (QED) is 0.369. The highest BCUT2D eigenvalue weighted by Crippen LogP contribution is 2.14. The van der Waals surface area contributed by atoms with Crippen LogP contribution < -0.4 is 9.55 Å². The van der Waals surface area contributed by atoms with Crippen LogP contribution in [0.1, 0.15) is 15.9 Å². The minimum absolute atomic E-state index is 0.0952. The third-order valence-electron chi connectivity index (χ3n) is 3.38. The number of allylic oxidation sites excluding steroid dienone is 3. The summed E-state index contributed by atoms with van der Waals surface area (Å²) in [5.41, 5.74) is 2.77. The zero-order chi connectivity index (χ0) is 17.4. The Kier molecular flexibility index (Phi) is 6.40. The lowest BCUT2D eigenvalue weighted by Gasteiger charge is -2.11.